The van der Waals surface area contributed by atoms with E-state index in [2.05, 4.69) is 34.5 Å². The molecule has 1 aliphatic rings. The molecule has 17 heavy (non-hydrogen) atoms. The number of hydrogen-bond donors (Lipinski definition) is 2. The lowest BCUT2D eigenvalue weighted by Crippen LogP contribution is -2.29. The average molecular weight is 234 g/mol. The largest absolute Gasteiger partial charge is 0.465 e. The fourth-order valence-electron chi connectivity index (χ4n) is 2.30. The summed E-state index contributed by atoms with van der Waals surface area (Å²) in [5.41, 5.74) is 1.32. The monoisotopic (exact) mass is 234 g/mol. The van der Waals surface area contributed by atoms with Crippen molar-refractivity contribution in [1.29, 1.82) is 0 Å². The summed E-state index contributed by atoms with van der Waals surface area (Å²) in [4.78, 5) is 12.8. The van der Waals surface area contributed by atoms with Gasteiger partial charge in [0.05, 0.1) is 0 Å². The normalized spacial score (nSPS) is 20.4. The van der Waals surface area contributed by atoms with E-state index in [9.17, 15) is 4.79 Å². The van der Waals surface area contributed by atoms with Gasteiger partial charge in [0.25, 0.3) is 0 Å². The van der Waals surface area contributed by atoms with Crippen LogP contribution >= 0.6 is 0 Å². The van der Waals surface area contributed by atoms with E-state index in [1.54, 1.807) is 0 Å². The Morgan fingerprint density at radius 3 is 2.88 bits per heavy atom. The molecule has 1 amide bonds. The van der Waals surface area contributed by atoms with Gasteiger partial charge in [-0.05, 0) is 24.4 Å². The van der Waals surface area contributed by atoms with Crippen molar-refractivity contribution in [3.05, 3.63) is 35.9 Å². The van der Waals surface area contributed by atoms with Gasteiger partial charge in [-0.25, -0.2) is 4.79 Å². The molecule has 1 aromatic carbocycles. The third-order valence-corrected chi connectivity index (χ3v) is 3.16. The molecule has 1 fully saturated rings. The van der Waals surface area contributed by atoms with E-state index in [1.807, 2.05) is 6.07 Å². The van der Waals surface area contributed by atoms with Crippen molar-refractivity contribution < 1.29 is 9.90 Å². The summed E-state index contributed by atoms with van der Waals surface area (Å²) in [7, 11) is 0. The van der Waals surface area contributed by atoms with Gasteiger partial charge in [0.2, 0.25) is 0 Å². The van der Waals surface area contributed by atoms with Crippen LogP contribution in [0.2, 0.25) is 0 Å². The first-order valence-corrected chi connectivity index (χ1v) is 5.97. The molecule has 0 aliphatic carbocycles. The summed E-state index contributed by atoms with van der Waals surface area (Å²) in [6.45, 7) is 3.57. The van der Waals surface area contributed by atoms with Crippen LogP contribution in [-0.4, -0.2) is 35.7 Å². The second kappa shape index (κ2) is 5.68. The van der Waals surface area contributed by atoms with Gasteiger partial charge in [-0.2, -0.15) is 0 Å². The van der Waals surface area contributed by atoms with Gasteiger partial charge in [-0.15, -0.1) is 0 Å². The maximum Gasteiger partial charge on any atom is 0.404 e. The minimum atomic E-state index is -0.925. The number of amides is 1. The third kappa shape index (κ3) is 3.75. The second-order valence-electron chi connectivity index (χ2n) is 4.56. The fourth-order valence-corrected chi connectivity index (χ4v) is 2.30. The van der Waals surface area contributed by atoms with Crippen molar-refractivity contribution in [2.45, 2.75) is 13.0 Å². The summed E-state index contributed by atoms with van der Waals surface area (Å²) < 4.78 is 0. The zero-order valence-electron chi connectivity index (χ0n) is 9.80. The quantitative estimate of drug-likeness (QED) is 0.835. The van der Waals surface area contributed by atoms with Crippen LogP contribution < -0.4 is 5.32 Å². The van der Waals surface area contributed by atoms with E-state index < -0.39 is 6.09 Å². The van der Waals surface area contributed by atoms with Gasteiger partial charge in [0.1, 0.15) is 0 Å². The van der Waals surface area contributed by atoms with E-state index in [-0.39, 0.29) is 0 Å². The smallest absolute Gasteiger partial charge is 0.404 e. The molecule has 2 N–H and O–H groups in total. The molecule has 4 heteroatoms. The number of nitrogens with zero attached hydrogens (tertiary/aromatic N) is 1. The van der Waals surface area contributed by atoms with Crippen molar-refractivity contribution in [3.63, 3.8) is 0 Å². The molecular weight excluding hydrogens is 216 g/mol. The molecular formula is C13H18N2O2. The Morgan fingerprint density at radius 2 is 2.18 bits per heavy atom. The summed E-state index contributed by atoms with van der Waals surface area (Å²) in [5.74, 6) is 0.454. The summed E-state index contributed by atoms with van der Waals surface area (Å²) in [6.07, 6.45) is 0.152. The molecule has 2 rings (SSSR count). The van der Waals surface area contributed by atoms with Crippen molar-refractivity contribution >= 4 is 6.09 Å². The van der Waals surface area contributed by atoms with Gasteiger partial charge in [-0.3, -0.25) is 4.90 Å². The molecule has 4 nitrogen and oxygen atoms in total. The molecule has 0 aromatic heterocycles. The first-order chi connectivity index (χ1) is 8.24. The van der Waals surface area contributed by atoms with Crippen molar-refractivity contribution in [1.82, 2.24) is 10.2 Å². The van der Waals surface area contributed by atoms with Crippen LogP contribution in [-0.2, 0) is 6.54 Å². The number of hydrogen-bond acceptors (Lipinski definition) is 2. The highest BCUT2D eigenvalue weighted by Gasteiger charge is 2.22. The molecule has 0 spiro atoms. The molecule has 1 aromatic rings. The minimum absolute atomic E-state index is 0.454. The molecule has 1 aliphatic heterocycles. The Kier molecular flexibility index (Phi) is 3.98. The summed E-state index contributed by atoms with van der Waals surface area (Å²) >= 11 is 0. The lowest BCUT2D eigenvalue weighted by Gasteiger charge is -2.16. The average Bonchev–Trinajstić information content (AvgIpc) is 2.75. The van der Waals surface area contributed by atoms with E-state index >= 15 is 0 Å². The first-order valence-electron chi connectivity index (χ1n) is 5.97. The maximum absolute atomic E-state index is 10.4. The maximum atomic E-state index is 10.4. The van der Waals surface area contributed by atoms with Gasteiger partial charge < -0.3 is 10.4 Å². The lowest BCUT2D eigenvalue weighted by molar-refractivity contribution is 0.192. The van der Waals surface area contributed by atoms with Gasteiger partial charge in [0, 0.05) is 19.6 Å². The predicted octanol–water partition coefficient (Wildman–Crippen LogP) is 1.78. The van der Waals surface area contributed by atoms with E-state index in [4.69, 9.17) is 5.11 Å². The molecule has 1 atom stereocenters. The molecule has 0 saturated carbocycles. The molecule has 0 bridgehead atoms. The highest BCUT2D eigenvalue weighted by atomic mass is 16.4. The Bertz CT molecular complexity index is 367. The third-order valence-electron chi connectivity index (χ3n) is 3.16. The van der Waals surface area contributed by atoms with Gasteiger partial charge >= 0.3 is 6.09 Å². The number of carboxylic acid groups (broad SMARTS) is 1. The molecule has 0 unspecified atom stereocenters. The standard InChI is InChI=1S/C13H18N2O2/c16-13(17)14-8-12-6-7-15(10-12)9-11-4-2-1-3-5-11/h1-5,12,14H,6-10H2,(H,16,17)/t12-/m1/s1. The van der Waals surface area contributed by atoms with Crippen LogP contribution in [0.5, 0.6) is 0 Å². The number of carbonyl (C=O) groups is 1. The van der Waals surface area contributed by atoms with E-state index in [0.717, 1.165) is 26.1 Å². The Hall–Kier alpha value is -1.55. The van der Waals surface area contributed by atoms with E-state index in [1.165, 1.54) is 5.56 Å². The predicted molar refractivity (Wildman–Crippen MR) is 65.9 cm³/mol. The van der Waals surface area contributed by atoms with Crippen molar-refractivity contribution in [2.24, 2.45) is 5.92 Å². The Labute approximate surface area is 101 Å². The topological polar surface area (TPSA) is 52.6 Å². The van der Waals surface area contributed by atoms with Crippen LogP contribution in [0.3, 0.4) is 0 Å². The number of likely N-dealkylation sites (tertiary alicyclic amines) is 1. The molecule has 1 heterocycles. The number of nitrogens with one attached hydrogen (secondary N) is 1. The minimum Gasteiger partial charge on any atom is -0.465 e. The zero-order chi connectivity index (χ0) is 12.1. The summed E-state index contributed by atoms with van der Waals surface area (Å²) in [5, 5.41) is 11.0. The lowest BCUT2D eigenvalue weighted by atomic mass is 10.1. The highest BCUT2D eigenvalue weighted by molar-refractivity contribution is 5.64. The number of rotatable bonds is 4. The molecule has 92 valence electrons. The Morgan fingerprint density at radius 1 is 1.41 bits per heavy atom. The zero-order valence-corrected chi connectivity index (χ0v) is 9.80. The van der Waals surface area contributed by atoms with Crippen LogP contribution in [0, 0.1) is 5.92 Å². The van der Waals surface area contributed by atoms with Crippen LogP contribution in [0.25, 0.3) is 0 Å². The van der Waals surface area contributed by atoms with Crippen LogP contribution in [0.15, 0.2) is 30.3 Å². The van der Waals surface area contributed by atoms with Crippen molar-refractivity contribution in [3.8, 4) is 0 Å². The second-order valence-corrected chi connectivity index (χ2v) is 4.56. The van der Waals surface area contributed by atoms with Crippen LogP contribution in [0.1, 0.15) is 12.0 Å². The first kappa shape index (κ1) is 11.9. The van der Waals surface area contributed by atoms with Gasteiger partial charge in [0.15, 0.2) is 0 Å². The molecule has 0 radical (unpaired) electrons. The van der Waals surface area contributed by atoms with Crippen molar-refractivity contribution in [2.75, 3.05) is 19.6 Å². The molecule has 1 saturated heterocycles. The van der Waals surface area contributed by atoms with E-state index in [0.29, 0.717) is 12.5 Å². The van der Waals surface area contributed by atoms with Crippen LogP contribution in [0.4, 0.5) is 4.79 Å². The SMILES string of the molecule is O=C(O)NC[C@H]1CCN(Cc2ccccc2)C1. The number of benzene rings is 1. The fraction of sp³-hybridized carbons (Fsp3) is 0.462. The Balaban J connectivity index is 1.76. The van der Waals surface area contributed by atoms with Gasteiger partial charge in [-0.1, -0.05) is 30.3 Å². The highest BCUT2D eigenvalue weighted by Crippen LogP contribution is 2.17. The summed E-state index contributed by atoms with van der Waals surface area (Å²) in [6, 6.07) is 10.4.